The Morgan fingerprint density at radius 3 is 2.95 bits per heavy atom. The van der Waals surface area contributed by atoms with E-state index in [9.17, 15) is 5.11 Å². The Balaban J connectivity index is 1.76. The SMILES string of the molecule is OCc1cn(Cc2nnc3n2CCCC3)c2ccccc12. The van der Waals surface area contributed by atoms with Gasteiger partial charge in [0.1, 0.15) is 5.82 Å². The van der Waals surface area contributed by atoms with Crippen LogP contribution in [0.15, 0.2) is 30.5 Å². The number of aliphatic hydroxyl groups excluding tert-OH is 1. The molecule has 5 heteroatoms. The minimum absolute atomic E-state index is 0.0610. The van der Waals surface area contributed by atoms with Gasteiger partial charge in [0.15, 0.2) is 5.82 Å². The molecule has 0 saturated heterocycles. The van der Waals surface area contributed by atoms with Gasteiger partial charge in [-0.2, -0.15) is 0 Å². The summed E-state index contributed by atoms with van der Waals surface area (Å²) in [6, 6.07) is 8.17. The van der Waals surface area contributed by atoms with E-state index in [0.29, 0.717) is 6.54 Å². The molecule has 3 heterocycles. The first-order chi connectivity index (χ1) is 10.4. The quantitative estimate of drug-likeness (QED) is 0.800. The van der Waals surface area contributed by atoms with Gasteiger partial charge < -0.3 is 14.2 Å². The molecule has 0 spiro atoms. The molecule has 0 amide bonds. The summed E-state index contributed by atoms with van der Waals surface area (Å²) in [5.74, 6) is 2.12. The number of aliphatic hydroxyl groups is 1. The first-order valence-corrected chi connectivity index (χ1v) is 7.45. The topological polar surface area (TPSA) is 55.9 Å². The van der Waals surface area contributed by atoms with E-state index in [1.54, 1.807) is 0 Å². The number of aromatic nitrogens is 4. The molecule has 0 saturated carbocycles. The van der Waals surface area contributed by atoms with Crippen LogP contribution in [0.4, 0.5) is 0 Å². The van der Waals surface area contributed by atoms with Crippen LogP contribution in [-0.2, 0) is 26.1 Å². The largest absolute Gasteiger partial charge is 0.392 e. The summed E-state index contributed by atoms with van der Waals surface area (Å²) in [6.07, 6.45) is 5.46. The lowest BCUT2D eigenvalue weighted by Gasteiger charge is -2.15. The number of hydrogen-bond acceptors (Lipinski definition) is 3. The first-order valence-electron chi connectivity index (χ1n) is 7.45. The summed E-state index contributed by atoms with van der Waals surface area (Å²) in [7, 11) is 0. The van der Waals surface area contributed by atoms with E-state index in [2.05, 4.69) is 31.5 Å². The number of rotatable bonds is 3. The number of fused-ring (bicyclic) bond motifs is 2. The minimum Gasteiger partial charge on any atom is -0.392 e. The van der Waals surface area contributed by atoms with Gasteiger partial charge in [-0.1, -0.05) is 18.2 Å². The van der Waals surface area contributed by atoms with Crippen LogP contribution in [0.1, 0.15) is 30.1 Å². The van der Waals surface area contributed by atoms with Crippen LogP contribution in [0.25, 0.3) is 10.9 Å². The average Bonchev–Trinajstić information content (AvgIpc) is 3.10. The van der Waals surface area contributed by atoms with Crippen molar-refractivity contribution in [1.29, 1.82) is 0 Å². The second-order valence-corrected chi connectivity index (χ2v) is 5.60. The Morgan fingerprint density at radius 1 is 1.14 bits per heavy atom. The number of nitrogens with zero attached hydrogens (tertiary/aromatic N) is 4. The molecule has 1 N–H and O–H groups in total. The van der Waals surface area contributed by atoms with Crippen molar-refractivity contribution in [3.8, 4) is 0 Å². The fourth-order valence-corrected chi connectivity index (χ4v) is 3.22. The monoisotopic (exact) mass is 282 g/mol. The molecule has 0 fully saturated rings. The maximum absolute atomic E-state index is 9.52. The Hall–Kier alpha value is -2.14. The zero-order valence-electron chi connectivity index (χ0n) is 11.9. The molecule has 108 valence electrons. The van der Waals surface area contributed by atoms with Crippen molar-refractivity contribution in [3.05, 3.63) is 47.7 Å². The van der Waals surface area contributed by atoms with Gasteiger partial charge in [-0.15, -0.1) is 10.2 Å². The molecule has 1 aliphatic rings. The fourth-order valence-electron chi connectivity index (χ4n) is 3.22. The van der Waals surface area contributed by atoms with Crippen LogP contribution >= 0.6 is 0 Å². The van der Waals surface area contributed by atoms with Crippen LogP contribution in [0.3, 0.4) is 0 Å². The van der Waals surface area contributed by atoms with Crippen LogP contribution in [0.5, 0.6) is 0 Å². The van der Waals surface area contributed by atoms with Crippen LogP contribution in [0.2, 0.25) is 0 Å². The zero-order chi connectivity index (χ0) is 14.2. The van der Waals surface area contributed by atoms with Crippen LogP contribution < -0.4 is 0 Å². The summed E-state index contributed by atoms with van der Waals surface area (Å²) in [4.78, 5) is 0. The molecule has 0 unspecified atom stereocenters. The third-order valence-electron chi connectivity index (χ3n) is 4.29. The van der Waals surface area contributed by atoms with E-state index in [-0.39, 0.29) is 6.61 Å². The zero-order valence-corrected chi connectivity index (χ0v) is 11.9. The number of para-hydroxylation sites is 1. The third kappa shape index (κ3) is 2.05. The van der Waals surface area contributed by atoms with Crippen molar-refractivity contribution in [2.75, 3.05) is 0 Å². The maximum atomic E-state index is 9.52. The summed E-state index contributed by atoms with van der Waals surface area (Å²) in [5, 5.41) is 19.3. The molecule has 1 aromatic carbocycles. The molecule has 5 nitrogen and oxygen atoms in total. The van der Waals surface area contributed by atoms with Gasteiger partial charge in [0.2, 0.25) is 0 Å². The van der Waals surface area contributed by atoms with E-state index >= 15 is 0 Å². The van der Waals surface area contributed by atoms with E-state index in [1.807, 2.05) is 18.3 Å². The highest BCUT2D eigenvalue weighted by Crippen LogP contribution is 2.23. The number of benzene rings is 1. The molecule has 1 aliphatic heterocycles. The molecule has 0 atom stereocenters. The Kier molecular flexibility index (Phi) is 3.00. The number of aryl methyl sites for hydroxylation is 1. The molecular formula is C16H18N4O. The maximum Gasteiger partial charge on any atom is 0.153 e. The fraction of sp³-hybridized carbons (Fsp3) is 0.375. The molecule has 2 aromatic heterocycles. The van der Waals surface area contributed by atoms with E-state index < -0.39 is 0 Å². The molecule has 4 rings (SSSR count). The van der Waals surface area contributed by atoms with Gasteiger partial charge in [0.05, 0.1) is 13.2 Å². The summed E-state index contributed by atoms with van der Waals surface area (Å²) < 4.78 is 4.41. The Morgan fingerprint density at radius 2 is 2.05 bits per heavy atom. The molecule has 3 aromatic rings. The van der Waals surface area contributed by atoms with Crippen LogP contribution in [0, 0.1) is 0 Å². The van der Waals surface area contributed by atoms with Gasteiger partial charge in [0, 0.05) is 35.6 Å². The van der Waals surface area contributed by atoms with Crippen molar-refractivity contribution < 1.29 is 5.11 Å². The van der Waals surface area contributed by atoms with Gasteiger partial charge in [0.25, 0.3) is 0 Å². The average molecular weight is 282 g/mol. The molecule has 0 aliphatic carbocycles. The third-order valence-corrected chi connectivity index (χ3v) is 4.29. The van der Waals surface area contributed by atoms with Gasteiger partial charge >= 0.3 is 0 Å². The van der Waals surface area contributed by atoms with Crippen molar-refractivity contribution in [2.45, 2.75) is 39.0 Å². The van der Waals surface area contributed by atoms with Crippen molar-refractivity contribution >= 4 is 10.9 Å². The first kappa shape index (κ1) is 12.6. The van der Waals surface area contributed by atoms with Gasteiger partial charge in [-0.3, -0.25) is 0 Å². The predicted octanol–water partition coefficient (Wildman–Crippen LogP) is 2.11. The van der Waals surface area contributed by atoms with Crippen molar-refractivity contribution in [3.63, 3.8) is 0 Å². The predicted molar refractivity (Wildman–Crippen MR) is 79.9 cm³/mol. The van der Waals surface area contributed by atoms with Crippen LogP contribution in [-0.4, -0.2) is 24.4 Å². The standard InChI is InChI=1S/C16H18N4O/c21-11-12-9-19(14-6-2-1-5-13(12)14)10-16-18-17-15-7-3-4-8-20(15)16/h1-2,5-6,9,21H,3-4,7-8,10-11H2. The lowest BCUT2D eigenvalue weighted by molar-refractivity contribution is 0.283. The van der Waals surface area contributed by atoms with Gasteiger partial charge in [-0.05, 0) is 18.9 Å². The minimum atomic E-state index is 0.0610. The summed E-state index contributed by atoms with van der Waals surface area (Å²) in [6.45, 7) is 1.78. The lowest BCUT2D eigenvalue weighted by atomic mass is 10.2. The number of hydrogen-bond donors (Lipinski definition) is 1. The highest BCUT2D eigenvalue weighted by molar-refractivity contribution is 5.83. The van der Waals surface area contributed by atoms with E-state index in [1.165, 1.54) is 12.8 Å². The second kappa shape index (κ2) is 5.00. The van der Waals surface area contributed by atoms with Crippen molar-refractivity contribution in [2.24, 2.45) is 0 Å². The Bertz CT molecular complexity index is 787. The molecule has 21 heavy (non-hydrogen) atoms. The van der Waals surface area contributed by atoms with Gasteiger partial charge in [-0.25, -0.2) is 0 Å². The highest BCUT2D eigenvalue weighted by Gasteiger charge is 2.17. The smallest absolute Gasteiger partial charge is 0.153 e. The van der Waals surface area contributed by atoms with Crippen molar-refractivity contribution in [1.82, 2.24) is 19.3 Å². The normalized spacial score (nSPS) is 14.5. The highest BCUT2D eigenvalue weighted by atomic mass is 16.3. The Labute approximate surface area is 122 Å². The molecule has 0 bridgehead atoms. The second-order valence-electron chi connectivity index (χ2n) is 5.60. The summed E-state index contributed by atoms with van der Waals surface area (Å²) >= 11 is 0. The van der Waals surface area contributed by atoms with E-state index in [4.69, 9.17) is 0 Å². The summed E-state index contributed by atoms with van der Waals surface area (Å²) in [5.41, 5.74) is 2.10. The van der Waals surface area contributed by atoms with E-state index in [0.717, 1.165) is 41.1 Å². The molecular weight excluding hydrogens is 264 g/mol. The lowest BCUT2D eigenvalue weighted by Crippen LogP contribution is -2.15. The molecule has 0 radical (unpaired) electrons.